The van der Waals surface area contributed by atoms with Crippen LogP contribution < -0.4 is 5.32 Å². The first kappa shape index (κ1) is 11.1. The molecule has 0 bridgehead atoms. The first-order chi connectivity index (χ1) is 6.76. The molecule has 0 aliphatic heterocycles. The summed E-state index contributed by atoms with van der Waals surface area (Å²) in [6.07, 6.45) is 0.940. The molecule has 0 fully saturated rings. The number of nitrogens with one attached hydrogen (secondary N) is 1. The lowest BCUT2D eigenvalue weighted by atomic mass is 10.0. The van der Waals surface area contributed by atoms with Crippen LogP contribution in [0.2, 0.25) is 0 Å². The van der Waals surface area contributed by atoms with Crippen LogP contribution in [0.3, 0.4) is 0 Å². The summed E-state index contributed by atoms with van der Waals surface area (Å²) in [5.41, 5.74) is 2.44. The summed E-state index contributed by atoms with van der Waals surface area (Å²) in [5.74, 6) is 0.340. The van der Waals surface area contributed by atoms with Crippen LogP contribution >= 0.6 is 0 Å². The van der Waals surface area contributed by atoms with E-state index in [0.29, 0.717) is 5.92 Å². The fraction of sp³-hybridized carbons (Fsp3) is 0.500. The van der Waals surface area contributed by atoms with Crippen molar-refractivity contribution in [3.05, 3.63) is 29.8 Å². The van der Waals surface area contributed by atoms with E-state index in [9.17, 15) is 0 Å². The van der Waals surface area contributed by atoms with Crippen molar-refractivity contribution in [3.8, 4) is 0 Å². The molecule has 0 radical (unpaired) electrons. The van der Waals surface area contributed by atoms with Gasteiger partial charge in [0.2, 0.25) is 0 Å². The van der Waals surface area contributed by atoms with Crippen LogP contribution in [0.15, 0.2) is 24.3 Å². The molecule has 0 spiro atoms. The van der Waals surface area contributed by atoms with Crippen LogP contribution in [-0.4, -0.2) is 18.3 Å². The molecule has 0 saturated heterocycles. The van der Waals surface area contributed by atoms with Crippen molar-refractivity contribution in [2.45, 2.75) is 20.3 Å². The van der Waals surface area contributed by atoms with E-state index in [2.05, 4.69) is 43.4 Å². The minimum atomic E-state index is 0.255. The Hall–Kier alpha value is -1.02. The molecule has 1 atom stereocenters. The Kier molecular flexibility index (Phi) is 4.47. The van der Waals surface area contributed by atoms with Gasteiger partial charge in [0.05, 0.1) is 0 Å². The second-order valence-corrected chi connectivity index (χ2v) is 3.72. The summed E-state index contributed by atoms with van der Waals surface area (Å²) in [7, 11) is 0. The molecule has 2 nitrogen and oxygen atoms in total. The molecule has 1 unspecified atom stereocenters. The van der Waals surface area contributed by atoms with Crippen molar-refractivity contribution in [1.82, 2.24) is 0 Å². The lowest BCUT2D eigenvalue weighted by molar-refractivity contribution is 0.237. The smallest absolute Gasteiger partial charge is 0.0459 e. The predicted octanol–water partition coefficient (Wildman–Crippen LogP) is 2.29. The maximum absolute atomic E-state index is 8.95. The van der Waals surface area contributed by atoms with Gasteiger partial charge >= 0.3 is 0 Å². The zero-order valence-corrected chi connectivity index (χ0v) is 8.96. The Morgan fingerprint density at radius 1 is 1.43 bits per heavy atom. The van der Waals surface area contributed by atoms with E-state index in [-0.39, 0.29) is 6.61 Å². The molecule has 0 amide bonds. The number of hydrogen-bond acceptors (Lipinski definition) is 2. The molecule has 0 aromatic heterocycles. The molecule has 2 heteroatoms. The lowest BCUT2D eigenvalue weighted by Crippen LogP contribution is -2.05. The van der Waals surface area contributed by atoms with Crippen molar-refractivity contribution >= 4 is 5.69 Å². The van der Waals surface area contributed by atoms with Crippen LogP contribution in [0.5, 0.6) is 0 Å². The summed E-state index contributed by atoms with van der Waals surface area (Å²) in [6, 6.07) is 8.37. The average Bonchev–Trinajstić information content (AvgIpc) is 2.19. The van der Waals surface area contributed by atoms with Gasteiger partial charge < -0.3 is 10.4 Å². The summed E-state index contributed by atoms with van der Waals surface area (Å²) in [5, 5.41) is 12.2. The van der Waals surface area contributed by atoms with Crippen LogP contribution in [-0.2, 0) is 6.42 Å². The number of benzene rings is 1. The van der Waals surface area contributed by atoms with Gasteiger partial charge in [-0.25, -0.2) is 0 Å². The lowest BCUT2D eigenvalue weighted by Gasteiger charge is -2.09. The van der Waals surface area contributed by atoms with E-state index in [1.165, 1.54) is 5.56 Å². The topological polar surface area (TPSA) is 32.3 Å². The first-order valence-electron chi connectivity index (χ1n) is 5.20. The number of anilines is 1. The highest BCUT2D eigenvalue weighted by Crippen LogP contribution is 2.13. The van der Waals surface area contributed by atoms with Gasteiger partial charge in [0.25, 0.3) is 0 Å². The van der Waals surface area contributed by atoms with Crippen molar-refractivity contribution in [2.75, 3.05) is 18.5 Å². The monoisotopic (exact) mass is 193 g/mol. The van der Waals surface area contributed by atoms with E-state index < -0.39 is 0 Å². The Bertz CT molecular complexity index is 273. The summed E-state index contributed by atoms with van der Waals surface area (Å²) in [6.45, 7) is 5.34. The van der Waals surface area contributed by atoms with Gasteiger partial charge in [-0.3, -0.25) is 0 Å². The van der Waals surface area contributed by atoms with Crippen LogP contribution in [0.4, 0.5) is 5.69 Å². The van der Waals surface area contributed by atoms with Crippen LogP contribution in [0.1, 0.15) is 19.4 Å². The normalized spacial score (nSPS) is 12.5. The third-order valence-corrected chi connectivity index (χ3v) is 2.20. The second-order valence-electron chi connectivity index (χ2n) is 3.72. The molecule has 0 saturated carbocycles. The SMILES string of the molecule is CCNc1cccc(CC(C)CO)c1. The Morgan fingerprint density at radius 2 is 2.21 bits per heavy atom. The van der Waals surface area contributed by atoms with Crippen molar-refractivity contribution in [1.29, 1.82) is 0 Å². The van der Waals surface area contributed by atoms with Gasteiger partial charge in [0.1, 0.15) is 0 Å². The van der Waals surface area contributed by atoms with E-state index in [4.69, 9.17) is 5.11 Å². The van der Waals surface area contributed by atoms with E-state index in [1.807, 2.05) is 0 Å². The largest absolute Gasteiger partial charge is 0.396 e. The van der Waals surface area contributed by atoms with Crippen LogP contribution in [0.25, 0.3) is 0 Å². The zero-order valence-electron chi connectivity index (χ0n) is 8.96. The highest BCUT2D eigenvalue weighted by atomic mass is 16.3. The fourth-order valence-corrected chi connectivity index (χ4v) is 1.48. The maximum Gasteiger partial charge on any atom is 0.0459 e. The van der Waals surface area contributed by atoms with Crippen LogP contribution in [0, 0.1) is 5.92 Å². The molecule has 14 heavy (non-hydrogen) atoms. The Labute approximate surface area is 86.0 Å². The minimum Gasteiger partial charge on any atom is -0.396 e. The molecular formula is C12H19NO. The molecule has 1 aromatic rings. The fourth-order valence-electron chi connectivity index (χ4n) is 1.48. The third kappa shape index (κ3) is 3.38. The van der Waals surface area contributed by atoms with Gasteiger partial charge in [-0.2, -0.15) is 0 Å². The minimum absolute atomic E-state index is 0.255. The van der Waals surface area contributed by atoms with Crippen molar-refractivity contribution < 1.29 is 5.11 Å². The van der Waals surface area contributed by atoms with Crippen molar-refractivity contribution in [3.63, 3.8) is 0 Å². The Balaban J connectivity index is 2.63. The molecule has 2 N–H and O–H groups in total. The predicted molar refractivity (Wildman–Crippen MR) is 60.6 cm³/mol. The van der Waals surface area contributed by atoms with Gasteiger partial charge in [-0.1, -0.05) is 19.1 Å². The highest BCUT2D eigenvalue weighted by Gasteiger charge is 2.02. The standard InChI is InChI=1S/C12H19NO/c1-3-13-12-6-4-5-11(8-12)7-10(2)9-14/h4-6,8,10,13-14H,3,7,9H2,1-2H3. The number of aliphatic hydroxyl groups is 1. The van der Waals surface area contributed by atoms with E-state index in [0.717, 1.165) is 18.7 Å². The molecule has 1 aromatic carbocycles. The average molecular weight is 193 g/mol. The number of hydrogen-bond donors (Lipinski definition) is 2. The number of rotatable bonds is 5. The van der Waals surface area contributed by atoms with E-state index >= 15 is 0 Å². The third-order valence-electron chi connectivity index (χ3n) is 2.20. The zero-order chi connectivity index (χ0) is 10.4. The molecule has 0 heterocycles. The Morgan fingerprint density at radius 3 is 2.86 bits per heavy atom. The maximum atomic E-state index is 8.95. The molecule has 1 rings (SSSR count). The first-order valence-corrected chi connectivity index (χ1v) is 5.20. The highest BCUT2D eigenvalue weighted by molar-refractivity contribution is 5.45. The summed E-state index contributed by atoms with van der Waals surface area (Å²) >= 11 is 0. The van der Waals surface area contributed by atoms with E-state index in [1.54, 1.807) is 0 Å². The molecule has 78 valence electrons. The van der Waals surface area contributed by atoms with Gasteiger partial charge in [0, 0.05) is 18.8 Å². The molecular weight excluding hydrogens is 174 g/mol. The van der Waals surface area contributed by atoms with Crippen molar-refractivity contribution in [2.24, 2.45) is 5.92 Å². The second kappa shape index (κ2) is 5.66. The quantitative estimate of drug-likeness (QED) is 0.752. The van der Waals surface area contributed by atoms with Gasteiger partial charge in [-0.05, 0) is 37.0 Å². The molecule has 0 aliphatic carbocycles. The molecule has 0 aliphatic rings. The number of aliphatic hydroxyl groups excluding tert-OH is 1. The summed E-state index contributed by atoms with van der Waals surface area (Å²) < 4.78 is 0. The van der Waals surface area contributed by atoms with Gasteiger partial charge in [-0.15, -0.1) is 0 Å². The van der Waals surface area contributed by atoms with Gasteiger partial charge in [0.15, 0.2) is 0 Å². The summed E-state index contributed by atoms with van der Waals surface area (Å²) in [4.78, 5) is 0.